The fourth-order valence-electron chi connectivity index (χ4n) is 3.75. The van der Waals surface area contributed by atoms with Gasteiger partial charge in [-0.25, -0.2) is 16.8 Å². The minimum Gasteiger partial charge on any atom is -0.207 e. The van der Waals surface area contributed by atoms with Crippen molar-refractivity contribution in [3.63, 3.8) is 0 Å². The van der Waals surface area contributed by atoms with Crippen molar-refractivity contribution in [3.8, 4) is 0 Å². The molecule has 0 saturated carbocycles. The van der Waals surface area contributed by atoms with Crippen LogP contribution in [0.1, 0.15) is 36.1 Å². The van der Waals surface area contributed by atoms with Gasteiger partial charge in [-0.3, -0.25) is 0 Å². The molecule has 164 valence electrons. The summed E-state index contributed by atoms with van der Waals surface area (Å²) in [7, 11) is -7.43. The second-order valence-electron chi connectivity index (χ2n) is 8.34. The Bertz CT molecular complexity index is 1080. The molecule has 1 aliphatic rings. The van der Waals surface area contributed by atoms with Gasteiger partial charge in [-0.1, -0.05) is 12.1 Å². The third-order valence-electron chi connectivity index (χ3n) is 6.04. The highest BCUT2D eigenvalue weighted by atomic mass is 32.2. The van der Waals surface area contributed by atoms with Gasteiger partial charge in [0.25, 0.3) is 0 Å². The summed E-state index contributed by atoms with van der Waals surface area (Å²) in [5.41, 5.74) is 3.87. The average molecular weight is 451 g/mol. The van der Waals surface area contributed by atoms with E-state index in [4.69, 9.17) is 0 Å². The fourth-order valence-corrected chi connectivity index (χ4v) is 7.33. The first-order valence-corrected chi connectivity index (χ1v) is 12.9. The summed E-state index contributed by atoms with van der Waals surface area (Å²) in [6.45, 7) is 11.4. The molecule has 2 atom stereocenters. The van der Waals surface area contributed by atoms with E-state index < -0.39 is 32.1 Å². The summed E-state index contributed by atoms with van der Waals surface area (Å²) in [4.78, 5) is 0.491. The van der Waals surface area contributed by atoms with E-state index in [0.717, 1.165) is 22.3 Å². The van der Waals surface area contributed by atoms with Gasteiger partial charge in [0.2, 0.25) is 20.0 Å². The Morgan fingerprint density at radius 1 is 0.633 bits per heavy atom. The minimum absolute atomic E-state index is 0.112. The first-order chi connectivity index (χ1) is 13.9. The van der Waals surface area contributed by atoms with Crippen LogP contribution >= 0.6 is 0 Å². The predicted octanol–water partition coefficient (Wildman–Crippen LogP) is 3.39. The number of hydrogen-bond donors (Lipinski definition) is 0. The van der Waals surface area contributed by atoms with Crippen molar-refractivity contribution in [2.75, 3.05) is 13.1 Å². The monoisotopic (exact) mass is 450 g/mol. The van der Waals surface area contributed by atoms with Gasteiger partial charge in [-0.15, -0.1) is 0 Å². The first-order valence-electron chi connectivity index (χ1n) is 10.0. The van der Waals surface area contributed by atoms with Gasteiger partial charge < -0.3 is 0 Å². The zero-order valence-corrected chi connectivity index (χ0v) is 20.0. The van der Waals surface area contributed by atoms with E-state index >= 15 is 0 Å². The lowest BCUT2D eigenvalue weighted by atomic mass is 10.1. The molecule has 0 spiro atoms. The maximum absolute atomic E-state index is 13.3. The largest absolute Gasteiger partial charge is 0.243 e. The second kappa shape index (κ2) is 8.07. The van der Waals surface area contributed by atoms with Crippen LogP contribution in [-0.4, -0.2) is 50.6 Å². The van der Waals surface area contributed by atoms with E-state index in [1.807, 2.05) is 27.7 Å². The second-order valence-corrected chi connectivity index (χ2v) is 12.1. The Kier molecular flexibility index (Phi) is 6.17. The lowest BCUT2D eigenvalue weighted by molar-refractivity contribution is 0.163. The molecule has 6 nitrogen and oxygen atoms in total. The van der Waals surface area contributed by atoms with Crippen LogP contribution in [0, 0.1) is 27.7 Å². The summed E-state index contributed by atoms with van der Waals surface area (Å²) in [6.07, 6.45) is 0. The van der Waals surface area contributed by atoms with Gasteiger partial charge in [0.1, 0.15) is 0 Å². The third-order valence-corrected chi connectivity index (χ3v) is 9.99. The smallest absolute Gasteiger partial charge is 0.207 e. The highest BCUT2D eigenvalue weighted by molar-refractivity contribution is 7.89. The van der Waals surface area contributed by atoms with Crippen molar-refractivity contribution >= 4 is 20.0 Å². The average Bonchev–Trinajstić information content (AvgIpc) is 2.67. The molecule has 1 saturated heterocycles. The zero-order chi connectivity index (χ0) is 22.4. The van der Waals surface area contributed by atoms with Crippen LogP contribution in [0.3, 0.4) is 0 Å². The van der Waals surface area contributed by atoms with E-state index in [1.165, 1.54) is 8.61 Å². The van der Waals surface area contributed by atoms with Crippen LogP contribution in [0.15, 0.2) is 46.2 Å². The van der Waals surface area contributed by atoms with Crippen molar-refractivity contribution in [3.05, 3.63) is 58.7 Å². The maximum atomic E-state index is 13.3. The molecule has 0 amide bonds. The van der Waals surface area contributed by atoms with Gasteiger partial charge in [0, 0.05) is 25.2 Å². The topological polar surface area (TPSA) is 74.8 Å². The van der Waals surface area contributed by atoms with Crippen LogP contribution < -0.4 is 0 Å². The van der Waals surface area contributed by atoms with Crippen LogP contribution in [0.5, 0.6) is 0 Å². The molecule has 0 N–H and O–H groups in total. The summed E-state index contributed by atoms with van der Waals surface area (Å²) in [5.74, 6) is 0. The van der Waals surface area contributed by atoms with Gasteiger partial charge >= 0.3 is 0 Å². The van der Waals surface area contributed by atoms with E-state index in [1.54, 1.807) is 50.2 Å². The number of sulfonamides is 2. The minimum atomic E-state index is -3.72. The van der Waals surface area contributed by atoms with Gasteiger partial charge in [0.15, 0.2) is 0 Å². The molecule has 1 fully saturated rings. The Morgan fingerprint density at radius 2 is 0.967 bits per heavy atom. The molecule has 0 bridgehead atoms. The molecule has 30 heavy (non-hydrogen) atoms. The van der Waals surface area contributed by atoms with Gasteiger partial charge in [0.05, 0.1) is 9.79 Å². The van der Waals surface area contributed by atoms with E-state index in [-0.39, 0.29) is 22.9 Å². The number of aryl methyl sites for hydroxylation is 4. The predicted molar refractivity (Wildman–Crippen MR) is 119 cm³/mol. The SMILES string of the molecule is Cc1ccc(S(=O)(=O)N2CC(C)N(S(=O)(=O)c3ccc(C)c(C)c3)CC2C)cc1C. The number of rotatable bonds is 4. The molecule has 2 aromatic rings. The Balaban J connectivity index is 1.91. The number of benzene rings is 2. The van der Waals surface area contributed by atoms with Crippen molar-refractivity contribution in [2.24, 2.45) is 0 Å². The molecule has 2 unspecified atom stereocenters. The van der Waals surface area contributed by atoms with Gasteiger partial charge in [-0.05, 0) is 88.1 Å². The quantitative estimate of drug-likeness (QED) is 0.716. The molecular formula is C22H30N2O4S2. The molecule has 3 rings (SSSR count). The zero-order valence-electron chi connectivity index (χ0n) is 18.4. The van der Waals surface area contributed by atoms with Crippen LogP contribution in [0.4, 0.5) is 0 Å². The highest BCUT2D eigenvalue weighted by Gasteiger charge is 2.41. The van der Waals surface area contributed by atoms with Crippen LogP contribution in [0.25, 0.3) is 0 Å². The van der Waals surface area contributed by atoms with Crippen molar-refractivity contribution in [1.82, 2.24) is 8.61 Å². The van der Waals surface area contributed by atoms with Gasteiger partial charge in [-0.2, -0.15) is 8.61 Å². The Labute approximate surface area is 180 Å². The molecule has 2 aromatic carbocycles. The Hall–Kier alpha value is -1.74. The molecule has 1 heterocycles. The molecule has 0 radical (unpaired) electrons. The summed E-state index contributed by atoms with van der Waals surface area (Å²) in [6, 6.07) is 9.25. The number of hydrogen-bond acceptors (Lipinski definition) is 4. The van der Waals surface area contributed by atoms with Crippen molar-refractivity contribution in [2.45, 2.75) is 63.4 Å². The van der Waals surface area contributed by atoms with E-state index in [2.05, 4.69) is 0 Å². The van der Waals surface area contributed by atoms with E-state index in [9.17, 15) is 16.8 Å². The summed E-state index contributed by atoms with van der Waals surface area (Å²) < 4.78 is 55.9. The normalized spacial score (nSPS) is 21.7. The third kappa shape index (κ3) is 4.06. The summed E-state index contributed by atoms with van der Waals surface area (Å²) in [5, 5.41) is 0. The van der Waals surface area contributed by atoms with Crippen LogP contribution in [-0.2, 0) is 20.0 Å². The molecule has 8 heteroatoms. The summed E-state index contributed by atoms with van der Waals surface area (Å²) >= 11 is 0. The molecule has 0 aromatic heterocycles. The van der Waals surface area contributed by atoms with Crippen molar-refractivity contribution in [1.29, 1.82) is 0 Å². The Morgan fingerprint density at radius 3 is 1.27 bits per heavy atom. The lowest BCUT2D eigenvalue weighted by Crippen LogP contribution is -2.59. The highest BCUT2D eigenvalue weighted by Crippen LogP contribution is 2.29. The van der Waals surface area contributed by atoms with Crippen LogP contribution in [0.2, 0.25) is 0 Å². The molecule has 1 aliphatic heterocycles. The fraction of sp³-hybridized carbons (Fsp3) is 0.455. The molecular weight excluding hydrogens is 420 g/mol. The standard InChI is InChI=1S/C22H30N2O4S2/c1-15-7-9-21(11-17(15)3)29(25,26)23-13-20(6)24(14-19(23)5)30(27,28)22-10-8-16(2)18(4)12-22/h7-12,19-20H,13-14H2,1-6H3. The van der Waals surface area contributed by atoms with Crippen molar-refractivity contribution < 1.29 is 16.8 Å². The maximum Gasteiger partial charge on any atom is 0.243 e. The molecule has 0 aliphatic carbocycles. The number of nitrogens with zero attached hydrogens (tertiary/aromatic N) is 2. The lowest BCUT2D eigenvalue weighted by Gasteiger charge is -2.42. The van der Waals surface area contributed by atoms with E-state index in [0.29, 0.717) is 0 Å². The number of piperazine rings is 1. The first kappa shape index (κ1) is 22.9.